The molecule has 16 heavy (non-hydrogen) atoms. The SMILES string of the molecule is C=C(C)C1CC(CC/C(C)=C/CC)C1(C)C. The van der Waals surface area contributed by atoms with E-state index in [1.807, 2.05) is 0 Å². The third-order valence-corrected chi connectivity index (χ3v) is 4.51. The van der Waals surface area contributed by atoms with Crippen LogP contribution in [0.1, 0.15) is 60.3 Å². The lowest BCUT2D eigenvalue weighted by Gasteiger charge is -2.53. The third kappa shape index (κ3) is 2.78. The average Bonchev–Trinajstić information content (AvgIpc) is 2.15. The second kappa shape index (κ2) is 5.21. The van der Waals surface area contributed by atoms with Crippen LogP contribution in [0.25, 0.3) is 0 Å². The van der Waals surface area contributed by atoms with Gasteiger partial charge in [-0.15, -0.1) is 0 Å². The molecule has 1 aliphatic carbocycles. The molecule has 2 unspecified atom stereocenters. The molecule has 1 aliphatic rings. The molecular formula is C16H28. The van der Waals surface area contributed by atoms with Gasteiger partial charge in [-0.1, -0.05) is 44.6 Å². The quantitative estimate of drug-likeness (QED) is 0.547. The van der Waals surface area contributed by atoms with Gasteiger partial charge in [-0.05, 0) is 56.8 Å². The summed E-state index contributed by atoms with van der Waals surface area (Å²) in [4.78, 5) is 0. The first-order chi connectivity index (χ1) is 7.39. The molecule has 0 heterocycles. The highest BCUT2D eigenvalue weighted by atomic mass is 14.5. The number of rotatable bonds is 5. The standard InChI is InChI=1S/C16H28/c1-7-8-13(4)9-10-14-11-15(12(2)3)16(14,5)6/h8,14-15H,2,7,9-11H2,1,3-6H3/b13-8+. The first-order valence-electron chi connectivity index (χ1n) is 6.70. The van der Waals surface area contributed by atoms with Crippen LogP contribution in [-0.2, 0) is 0 Å². The lowest BCUT2D eigenvalue weighted by molar-refractivity contribution is -0.000937. The highest BCUT2D eigenvalue weighted by Crippen LogP contribution is 2.55. The van der Waals surface area contributed by atoms with Crippen LogP contribution in [-0.4, -0.2) is 0 Å². The highest BCUT2D eigenvalue weighted by Gasteiger charge is 2.47. The third-order valence-electron chi connectivity index (χ3n) is 4.51. The Kier molecular flexibility index (Phi) is 4.41. The fraction of sp³-hybridized carbons (Fsp3) is 0.750. The highest BCUT2D eigenvalue weighted by molar-refractivity contribution is 5.12. The predicted octanol–water partition coefficient (Wildman–Crippen LogP) is 5.36. The van der Waals surface area contributed by atoms with E-state index in [9.17, 15) is 0 Å². The molecular weight excluding hydrogens is 192 g/mol. The van der Waals surface area contributed by atoms with Crippen molar-refractivity contribution in [2.75, 3.05) is 0 Å². The minimum Gasteiger partial charge on any atom is -0.0998 e. The van der Waals surface area contributed by atoms with Crippen molar-refractivity contribution in [3.8, 4) is 0 Å². The summed E-state index contributed by atoms with van der Waals surface area (Å²) in [7, 11) is 0. The van der Waals surface area contributed by atoms with E-state index in [1.54, 1.807) is 5.57 Å². The molecule has 0 aromatic carbocycles. The minimum atomic E-state index is 0.484. The summed E-state index contributed by atoms with van der Waals surface area (Å²) in [6.07, 6.45) is 7.54. The van der Waals surface area contributed by atoms with Crippen LogP contribution < -0.4 is 0 Å². The van der Waals surface area contributed by atoms with Gasteiger partial charge in [-0.25, -0.2) is 0 Å². The van der Waals surface area contributed by atoms with Gasteiger partial charge in [0.15, 0.2) is 0 Å². The Hall–Kier alpha value is -0.520. The Morgan fingerprint density at radius 2 is 2.00 bits per heavy atom. The summed E-state index contributed by atoms with van der Waals surface area (Å²) < 4.78 is 0. The van der Waals surface area contributed by atoms with E-state index in [2.05, 4.69) is 47.3 Å². The maximum atomic E-state index is 4.12. The summed E-state index contributed by atoms with van der Waals surface area (Å²) in [6, 6.07) is 0. The van der Waals surface area contributed by atoms with Gasteiger partial charge in [0.05, 0.1) is 0 Å². The van der Waals surface area contributed by atoms with Crippen molar-refractivity contribution < 1.29 is 0 Å². The molecule has 0 amide bonds. The Labute approximate surface area is 102 Å². The van der Waals surface area contributed by atoms with Crippen LogP contribution in [0.4, 0.5) is 0 Å². The minimum absolute atomic E-state index is 0.484. The first-order valence-corrected chi connectivity index (χ1v) is 6.70. The molecule has 0 N–H and O–H groups in total. The molecule has 1 fully saturated rings. The van der Waals surface area contributed by atoms with E-state index < -0.39 is 0 Å². The summed E-state index contributed by atoms with van der Waals surface area (Å²) >= 11 is 0. The predicted molar refractivity (Wildman–Crippen MR) is 73.5 cm³/mol. The van der Waals surface area contributed by atoms with E-state index in [0.717, 1.165) is 11.8 Å². The van der Waals surface area contributed by atoms with Crippen molar-refractivity contribution >= 4 is 0 Å². The Morgan fingerprint density at radius 1 is 1.38 bits per heavy atom. The van der Waals surface area contributed by atoms with E-state index in [-0.39, 0.29) is 0 Å². The van der Waals surface area contributed by atoms with Crippen molar-refractivity contribution in [3.05, 3.63) is 23.8 Å². The zero-order valence-corrected chi connectivity index (χ0v) is 11.8. The molecule has 0 bridgehead atoms. The largest absolute Gasteiger partial charge is 0.0998 e. The number of hydrogen-bond acceptors (Lipinski definition) is 0. The van der Waals surface area contributed by atoms with Gasteiger partial charge in [-0.2, -0.15) is 0 Å². The maximum Gasteiger partial charge on any atom is -0.0152 e. The zero-order chi connectivity index (χ0) is 12.3. The zero-order valence-electron chi connectivity index (χ0n) is 11.8. The molecule has 0 radical (unpaired) electrons. The van der Waals surface area contributed by atoms with Crippen molar-refractivity contribution in [3.63, 3.8) is 0 Å². The summed E-state index contributed by atoms with van der Waals surface area (Å²) in [6.45, 7) is 15.6. The van der Waals surface area contributed by atoms with Crippen LogP contribution in [0.15, 0.2) is 23.8 Å². The van der Waals surface area contributed by atoms with E-state index in [4.69, 9.17) is 0 Å². The second-order valence-corrected chi connectivity index (χ2v) is 6.15. The lowest BCUT2D eigenvalue weighted by atomic mass is 9.52. The van der Waals surface area contributed by atoms with Gasteiger partial charge in [0.2, 0.25) is 0 Å². The van der Waals surface area contributed by atoms with Gasteiger partial charge >= 0.3 is 0 Å². The van der Waals surface area contributed by atoms with Crippen LogP contribution in [0, 0.1) is 17.3 Å². The molecule has 0 aromatic heterocycles. The maximum absolute atomic E-state index is 4.12. The van der Waals surface area contributed by atoms with Gasteiger partial charge in [0.1, 0.15) is 0 Å². The molecule has 0 aromatic rings. The van der Waals surface area contributed by atoms with Crippen LogP contribution in [0.5, 0.6) is 0 Å². The molecule has 0 heteroatoms. The number of allylic oxidation sites excluding steroid dienone is 3. The lowest BCUT2D eigenvalue weighted by Crippen LogP contribution is -2.45. The van der Waals surface area contributed by atoms with E-state index in [1.165, 1.54) is 31.3 Å². The van der Waals surface area contributed by atoms with Gasteiger partial charge in [0.25, 0.3) is 0 Å². The number of hydrogen-bond donors (Lipinski definition) is 0. The summed E-state index contributed by atoms with van der Waals surface area (Å²) in [5.41, 5.74) is 3.43. The van der Waals surface area contributed by atoms with Gasteiger partial charge < -0.3 is 0 Å². The van der Waals surface area contributed by atoms with Crippen molar-refractivity contribution in [2.24, 2.45) is 17.3 Å². The molecule has 0 spiro atoms. The fourth-order valence-corrected chi connectivity index (χ4v) is 3.19. The van der Waals surface area contributed by atoms with Crippen LogP contribution in [0.3, 0.4) is 0 Å². The monoisotopic (exact) mass is 220 g/mol. The van der Waals surface area contributed by atoms with Crippen molar-refractivity contribution in [2.45, 2.75) is 60.3 Å². The summed E-state index contributed by atoms with van der Waals surface area (Å²) in [5, 5.41) is 0. The fourth-order valence-electron chi connectivity index (χ4n) is 3.19. The summed E-state index contributed by atoms with van der Waals surface area (Å²) in [5.74, 6) is 1.65. The Morgan fingerprint density at radius 3 is 2.44 bits per heavy atom. The molecule has 1 rings (SSSR count). The normalized spacial score (nSPS) is 28.7. The van der Waals surface area contributed by atoms with Gasteiger partial charge in [-0.3, -0.25) is 0 Å². The molecule has 92 valence electrons. The average molecular weight is 220 g/mol. The van der Waals surface area contributed by atoms with E-state index in [0.29, 0.717) is 5.41 Å². The Bertz CT molecular complexity index is 280. The molecule has 0 aliphatic heterocycles. The smallest absolute Gasteiger partial charge is 0.0152 e. The molecule has 1 saturated carbocycles. The van der Waals surface area contributed by atoms with Gasteiger partial charge in [0, 0.05) is 0 Å². The van der Waals surface area contributed by atoms with Crippen LogP contribution >= 0.6 is 0 Å². The first kappa shape index (κ1) is 13.5. The topological polar surface area (TPSA) is 0 Å². The van der Waals surface area contributed by atoms with Crippen molar-refractivity contribution in [1.29, 1.82) is 0 Å². The molecule has 2 atom stereocenters. The molecule has 0 nitrogen and oxygen atoms in total. The second-order valence-electron chi connectivity index (χ2n) is 6.15. The Balaban J connectivity index is 2.42. The van der Waals surface area contributed by atoms with E-state index >= 15 is 0 Å². The van der Waals surface area contributed by atoms with Crippen LogP contribution in [0.2, 0.25) is 0 Å². The molecule has 0 saturated heterocycles. The van der Waals surface area contributed by atoms with Crippen molar-refractivity contribution in [1.82, 2.24) is 0 Å².